The lowest BCUT2D eigenvalue weighted by Gasteiger charge is -2.22. The highest BCUT2D eigenvalue weighted by Gasteiger charge is 2.48. The maximum Gasteiger partial charge on any atom is 0.334 e. The van der Waals surface area contributed by atoms with E-state index < -0.39 is 16.3 Å². The van der Waals surface area contributed by atoms with Gasteiger partial charge in [-0.05, 0) is 44.2 Å². The molecule has 0 saturated heterocycles. The Kier molecular flexibility index (Phi) is 7.18. The lowest BCUT2D eigenvalue weighted by Crippen LogP contribution is -2.45. The molecule has 8 heteroatoms. The zero-order valence-corrected chi connectivity index (χ0v) is 19.3. The highest BCUT2D eigenvalue weighted by Crippen LogP contribution is 2.35. The van der Waals surface area contributed by atoms with Crippen LogP contribution in [-0.4, -0.2) is 35.3 Å². The second-order valence-corrected chi connectivity index (χ2v) is 8.44. The number of para-hydroxylation sites is 1. The molecule has 1 heterocycles. The molecule has 0 saturated carbocycles. The van der Waals surface area contributed by atoms with Gasteiger partial charge in [0.15, 0.2) is 5.78 Å². The number of ether oxygens (including phenoxy) is 2. The number of hydrogen-bond acceptors (Lipinski definition) is 6. The third-order valence-electron chi connectivity index (χ3n) is 4.60. The summed E-state index contributed by atoms with van der Waals surface area (Å²) in [5.74, 6) is -1.80. The Morgan fingerprint density at radius 2 is 1.55 bits per heavy atom. The molecule has 0 N–H and O–H groups in total. The Hall–Kier alpha value is -2.64. The van der Waals surface area contributed by atoms with Crippen LogP contribution < -0.4 is 0 Å². The lowest BCUT2D eigenvalue weighted by atomic mass is 9.95. The second kappa shape index (κ2) is 9.66. The molecule has 0 fully saturated rings. The minimum atomic E-state index is -1.86. The minimum Gasteiger partial charge on any atom is -0.464 e. The van der Waals surface area contributed by atoms with Gasteiger partial charge < -0.3 is 13.9 Å². The molecule has 6 nitrogen and oxygen atoms in total. The van der Waals surface area contributed by atoms with Crippen molar-refractivity contribution >= 4 is 56.2 Å². The average Bonchev–Trinajstić information content (AvgIpc) is 3.11. The molecule has 0 unspecified atom stereocenters. The smallest absolute Gasteiger partial charge is 0.334 e. The van der Waals surface area contributed by atoms with Gasteiger partial charge in [-0.1, -0.05) is 45.7 Å². The number of ketones is 1. The third kappa shape index (κ3) is 4.67. The first kappa shape index (κ1) is 23.0. The van der Waals surface area contributed by atoms with Gasteiger partial charge in [-0.25, -0.2) is 9.59 Å². The molecule has 0 aliphatic carbocycles. The first-order valence-corrected chi connectivity index (χ1v) is 10.8. The summed E-state index contributed by atoms with van der Waals surface area (Å²) in [6.45, 7) is 3.41. The molecule has 1 aromatic heterocycles. The lowest BCUT2D eigenvalue weighted by molar-refractivity contribution is -0.158. The monoisotopic (exact) mass is 506 g/mol. The molecule has 162 valence electrons. The molecule has 2 aromatic carbocycles. The number of carbonyl (C=O) groups is 3. The van der Waals surface area contributed by atoms with E-state index in [4.69, 9.17) is 25.5 Å². The molecular formula is C23H20BrClO6. The summed E-state index contributed by atoms with van der Waals surface area (Å²) < 4.78 is 14.2. The van der Waals surface area contributed by atoms with Crippen molar-refractivity contribution in [1.29, 1.82) is 0 Å². The molecule has 0 aliphatic rings. The van der Waals surface area contributed by atoms with Gasteiger partial charge in [0.1, 0.15) is 11.3 Å². The van der Waals surface area contributed by atoms with E-state index in [1.165, 1.54) is 0 Å². The standard InChI is InChI=1S/C23H20BrClO6/c1-3-29-21(27)23(24,22(28)30-4-2)13-18-19(16-7-5-6-8-17(16)31-18)20(26)14-9-11-15(25)12-10-14/h5-12H,3-4,13H2,1-2H3. The number of halogens is 2. The molecule has 0 amide bonds. The predicted octanol–water partition coefficient (Wildman–Crippen LogP) is 5.12. The summed E-state index contributed by atoms with van der Waals surface area (Å²) in [4.78, 5) is 38.7. The van der Waals surface area contributed by atoms with Crippen molar-refractivity contribution in [3.8, 4) is 0 Å². The third-order valence-corrected chi connectivity index (χ3v) is 5.78. The number of fused-ring (bicyclic) bond motifs is 1. The summed E-state index contributed by atoms with van der Waals surface area (Å²) in [5, 5.41) is 1.07. The minimum absolute atomic E-state index is 0.0717. The summed E-state index contributed by atoms with van der Waals surface area (Å²) in [6.07, 6.45) is -0.270. The van der Waals surface area contributed by atoms with E-state index in [0.29, 0.717) is 21.6 Å². The second-order valence-electron chi connectivity index (χ2n) is 6.65. The van der Waals surface area contributed by atoms with Gasteiger partial charge in [-0.2, -0.15) is 0 Å². The van der Waals surface area contributed by atoms with Gasteiger partial charge in [0.05, 0.1) is 18.8 Å². The maximum atomic E-state index is 13.4. The zero-order chi connectivity index (χ0) is 22.6. The Bertz CT molecular complexity index is 1100. The molecular weight excluding hydrogens is 488 g/mol. The van der Waals surface area contributed by atoms with Crippen LogP contribution in [0.4, 0.5) is 0 Å². The van der Waals surface area contributed by atoms with Crippen LogP contribution in [0.15, 0.2) is 52.9 Å². The summed E-state index contributed by atoms with van der Waals surface area (Å²) in [6, 6.07) is 13.4. The molecule has 3 aromatic rings. The Balaban J connectivity index is 2.13. The van der Waals surface area contributed by atoms with Crippen LogP contribution in [0.2, 0.25) is 5.02 Å². The summed E-state index contributed by atoms with van der Waals surface area (Å²) in [7, 11) is 0. The fraction of sp³-hybridized carbons (Fsp3) is 0.261. The van der Waals surface area contributed by atoms with E-state index in [1.54, 1.807) is 62.4 Å². The van der Waals surface area contributed by atoms with Crippen molar-refractivity contribution < 1.29 is 28.3 Å². The number of benzene rings is 2. The number of rotatable bonds is 8. The Morgan fingerprint density at radius 3 is 2.13 bits per heavy atom. The SMILES string of the molecule is CCOC(=O)C(Br)(Cc1oc2ccccc2c1C(=O)c1ccc(Cl)cc1)C(=O)OCC. The predicted molar refractivity (Wildman–Crippen MR) is 120 cm³/mol. The van der Waals surface area contributed by atoms with Crippen molar-refractivity contribution in [3.63, 3.8) is 0 Å². The highest BCUT2D eigenvalue weighted by molar-refractivity contribution is 9.10. The molecule has 31 heavy (non-hydrogen) atoms. The molecule has 3 rings (SSSR count). The van der Waals surface area contributed by atoms with Crippen LogP contribution in [0, 0.1) is 0 Å². The fourth-order valence-corrected chi connectivity index (χ4v) is 3.76. The number of hydrogen-bond donors (Lipinski definition) is 0. The van der Waals surface area contributed by atoms with Crippen molar-refractivity contribution in [1.82, 2.24) is 0 Å². The Labute approximate surface area is 192 Å². The van der Waals surface area contributed by atoms with Crippen LogP contribution in [0.25, 0.3) is 11.0 Å². The number of furan rings is 1. The van der Waals surface area contributed by atoms with E-state index in [2.05, 4.69) is 15.9 Å². The van der Waals surface area contributed by atoms with E-state index in [1.807, 2.05) is 0 Å². The molecule has 0 aliphatic heterocycles. The first-order valence-electron chi connectivity index (χ1n) is 9.65. The largest absolute Gasteiger partial charge is 0.464 e. The molecule has 0 radical (unpaired) electrons. The molecule has 0 bridgehead atoms. The first-order chi connectivity index (χ1) is 14.8. The fourth-order valence-electron chi connectivity index (χ4n) is 3.16. The van der Waals surface area contributed by atoms with Gasteiger partial charge in [-0.15, -0.1) is 0 Å². The number of carbonyl (C=O) groups excluding carboxylic acids is 3. The van der Waals surface area contributed by atoms with E-state index in [0.717, 1.165) is 0 Å². The topological polar surface area (TPSA) is 82.8 Å². The van der Waals surface area contributed by atoms with Gasteiger partial charge >= 0.3 is 11.9 Å². The average molecular weight is 508 g/mol. The summed E-state index contributed by atoms with van der Waals surface area (Å²) in [5.41, 5.74) is 1.11. The Morgan fingerprint density at radius 1 is 0.968 bits per heavy atom. The van der Waals surface area contributed by atoms with E-state index in [-0.39, 0.29) is 36.7 Å². The van der Waals surface area contributed by atoms with Crippen molar-refractivity contribution in [2.24, 2.45) is 0 Å². The van der Waals surface area contributed by atoms with E-state index in [9.17, 15) is 14.4 Å². The van der Waals surface area contributed by atoms with Gasteiger partial charge in [0.25, 0.3) is 0 Å². The molecule has 0 atom stereocenters. The van der Waals surface area contributed by atoms with E-state index >= 15 is 0 Å². The number of alkyl halides is 1. The normalized spacial score (nSPS) is 11.4. The van der Waals surface area contributed by atoms with Crippen LogP contribution in [0.5, 0.6) is 0 Å². The van der Waals surface area contributed by atoms with Gasteiger partial charge in [0, 0.05) is 22.4 Å². The summed E-state index contributed by atoms with van der Waals surface area (Å²) >= 11 is 9.17. The van der Waals surface area contributed by atoms with Crippen LogP contribution >= 0.6 is 27.5 Å². The zero-order valence-electron chi connectivity index (χ0n) is 16.9. The van der Waals surface area contributed by atoms with Gasteiger partial charge in [-0.3, -0.25) is 4.79 Å². The van der Waals surface area contributed by atoms with Crippen molar-refractivity contribution in [2.75, 3.05) is 13.2 Å². The molecule has 0 spiro atoms. The quantitative estimate of drug-likeness (QED) is 0.182. The maximum absolute atomic E-state index is 13.4. The van der Waals surface area contributed by atoms with Crippen LogP contribution in [0.1, 0.15) is 35.5 Å². The van der Waals surface area contributed by atoms with Gasteiger partial charge in [0.2, 0.25) is 4.32 Å². The van der Waals surface area contributed by atoms with Crippen molar-refractivity contribution in [2.45, 2.75) is 24.6 Å². The number of esters is 2. The van der Waals surface area contributed by atoms with Crippen LogP contribution in [-0.2, 0) is 25.5 Å². The highest BCUT2D eigenvalue weighted by atomic mass is 79.9. The van der Waals surface area contributed by atoms with Crippen molar-refractivity contribution in [3.05, 3.63) is 70.4 Å². The van der Waals surface area contributed by atoms with Crippen LogP contribution in [0.3, 0.4) is 0 Å².